The SMILES string of the molecule is C=CCNS(=O)(=O)Cc1ccc(NC(=O)/C=C/c2ccc(OC(F)F)cc2OC(F)F)cc1. The third-order valence-electron chi connectivity index (χ3n) is 3.87. The first-order valence-electron chi connectivity index (χ1n) is 9.28. The first kappa shape index (κ1) is 25.9. The molecule has 178 valence electrons. The second-order valence-corrected chi connectivity index (χ2v) is 8.18. The molecule has 0 aliphatic rings. The summed E-state index contributed by atoms with van der Waals surface area (Å²) in [5, 5.41) is 2.52. The lowest BCUT2D eigenvalue weighted by Crippen LogP contribution is -2.25. The second kappa shape index (κ2) is 12.0. The molecule has 12 heteroatoms. The quantitative estimate of drug-likeness (QED) is 0.266. The van der Waals surface area contributed by atoms with Gasteiger partial charge in [-0.1, -0.05) is 18.2 Å². The van der Waals surface area contributed by atoms with Crippen LogP contribution in [0, 0.1) is 0 Å². The normalized spacial score (nSPS) is 11.7. The van der Waals surface area contributed by atoms with Crippen LogP contribution in [0.4, 0.5) is 23.2 Å². The molecule has 0 aromatic heterocycles. The zero-order valence-corrected chi connectivity index (χ0v) is 17.8. The fraction of sp³-hybridized carbons (Fsp3) is 0.190. The summed E-state index contributed by atoms with van der Waals surface area (Å²) in [6, 6.07) is 9.16. The van der Waals surface area contributed by atoms with Gasteiger partial charge in [0.05, 0.1) is 5.75 Å². The van der Waals surface area contributed by atoms with Gasteiger partial charge in [0, 0.05) is 29.9 Å². The number of nitrogens with one attached hydrogen (secondary N) is 2. The average molecular weight is 488 g/mol. The van der Waals surface area contributed by atoms with Crippen LogP contribution in [0.1, 0.15) is 11.1 Å². The van der Waals surface area contributed by atoms with Gasteiger partial charge in [-0.05, 0) is 35.9 Å². The zero-order chi connectivity index (χ0) is 24.4. The summed E-state index contributed by atoms with van der Waals surface area (Å²) in [7, 11) is -3.53. The van der Waals surface area contributed by atoms with Crippen LogP contribution in [-0.2, 0) is 20.6 Å². The molecule has 0 aliphatic heterocycles. The molecular formula is C21H20F4N2O5S. The lowest BCUT2D eigenvalue weighted by atomic mass is 10.1. The van der Waals surface area contributed by atoms with E-state index in [2.05, 4.69) is 26.1 Å². The Hall–Kier alpha value is -3.38. The third kappa shape index (κ3) is 9.33. The van der Waals surface area contributed by atoms with Gasteiger partial charge in [-0.15, -0.1) is 6.58 Å². The van der Waals surface area contributed by atoms with Gasteiger partial charge in [0.25, 0.3) is 0 Å². The summed E-state index contributed by atoms with van der Waals surface area (Å²) in [4.78, 5) is 12.1. The number of hydrogen-bond acceptors (Lipinski definition) is 5. The molecular weight excluding hydrogens is 468 g/mol. The maximum atomic E-state index is 12.6. The molecule has 2 aromatic carbocycles. The number of rotatable bonds is 12. The molecule has 2 N–H and O–H groups in total. The van der Waals surface area contributed by atoms with E-state index in [4.69, 9.17) is 0 Å². The van der Waals surface area contributed by atoms with Crippen molar-refractivity contribution in [1.82, 2.24) is 4.72 Å². The Kier molecular flexibility index (Phi) is 9.43. The Morgan fingerprint density at radius 1 is 1.03 bits per heavy atom. The summed E-state index contributed by atoms with van der Waals surface area (Å²) >= 11 is 0. The number of carbonyl (C=O) groups excluding carboxylic acids is 1. The summed E-state index contributed by atoms with van der Waals surface area (Å²) in [6.07, 6.45) is 3.60. The number of benzene rings is 2. The van der Waals surface area contributed by atoms with Crippen LogP contribution in [0.3, 0.4) is 0 Å². The van der Waals surface area contributed by atoms with Crippen LogP contribution in [0.5, 0.6) is 11.5 Å². The Labute approximate surface area is 187 Å². The van der Waals surface area contributed by atoms with E-state index in [1.807, 2.05) is 0 Å². The number of amides is 1. The predicted molar refractivity (Wildman–Crippen MR) is 115 cm³/mol. The molecule has 0 radical (unpaired) electrons. The van der Waals surface area contributed by atoms with Crippen molar-refractivity contribution < 1.29 is 40.2 Å². The van der Waals surface area contributed by atoms with E-state index in [1.165, 1.54) is 36.4 Å². The van der Waals surface area contributed by atoms with Crippen molar-refractivity contribution in [2.75, 3.05) is 11.9 Å². The largest absolute Gasteiger partial charge is 0.435 e. The fourth-order valence-electron chi connectivity index (χ4n) is 2.52. The first-order valence-corrected chi connectivity index (χ1v) is 10.9. The highest BCUT2D eigenvalue weighted by Gasteiger charge is 2.13. The van der Waals surface area contributed by atoms with E-state index in [1.54, 1.807) is 0 Å². The molecule has 0 bridgehead atoms. The highest BCUT2D eigenvalue weighted by Crippen LogP contribution is 2.28. The van der Waals surface area contributed by atoms with Gasteiger partial charge >= 0.3 is 13.2 Å². The summed E-state index contributed by atoms with van der Waals surface area (Å²) in [5.41, 5.74) is 0.870. The van der Waals surface area contributed by atoms with Gasteiger partial charge in [0.1, 0.15) is 11.5 Å². The standard InChI is InChI=1S/C21H20F4N2O5S/c1-2-11-26-33(29,30)13-14-3-7-16(8-4-14)27-19(28)10-6-15-5-9-17(31-20(22)23)12-18(15)32-21(24)25/h2-10,12,20-21,26H,1,11,13H2,(H,27,28)/b10-6+. The molecule has 0 unspecified atom stereocenters. The van der Waals surface area contributed by atoms with Crippen LogP contribution in [0.2, 0.25) is 0 Å². The highest BCUT2D eigenvalue weighted by molar-refractivity contribution is 7.88. The van der Waals surface area contributed by atoms with E-state index in [0.717, 1.165) is 24.3 Å². The number of anilines is 1. The number of hydrogen-bond donors (Lipinski definition) is 2. The minimum absolute atomic E-state index is 0.0274. The van der Waals surface area contributed by atoms with E-state index in [0.29, 0.717) is 11.3 Å². The lowest BCUT2D eigenvalue weighted by Gasteiger charge is -2.11. The highest BCUT2D eigenvalue weighted by atomic mass is 32.2. The number of halogens is 4. The fourth-order valence-corrected chi connectivity index (χ4v) is 3.62. The van der Waals surface area contributed by atoms with Gasteiger partial charge in [0.15, 0.2) is 0 Å². The van der Waals surface area contributed by atoms with Crippen molar-refractivity contribution in [3.05, 3.63) is 72.3 Å². The van der Waals surface area contributed by atoms with Gasteiger partial charge in [-0.25, -0.2) is 13.1 Å². The monoisotopic (exact) mass is 488 g/mol. The van der Waals surface area contributed by atoms with Crippen LogP contribution in [0.15, 0.2) is 61.2 Å². The van der Waals surface area contributed by atoms with Crippen molar-refractivity contribution >= 4 is 27.7 Å². The molecule has 2 rings (SSSR count). The summed E-state index contributed by atoms with van der Waals surface area (Å²) in [6.45, 7) is -2.83. The molecule has 0 aliphatic carbocycles. The maximum absolute atomic E-state index is 12.6. The average Bonchev–Trinajstić information content (AvgIpc) is 2.72. The van der Waals surface area contributed by atoms with Gasteiger partial charge in [-0.2, -0.15) is 17.6 Å². The van der Waals surface area contributed by atoms with Gasteiger partial charge in [0.2, 0.25) is 15.9 Å². The Bertz CT molecular complexity index is 1090. The number of sulfonamides is 1. The molecule has 0 fully saturated rings. The molecule has 0 spiro atoms. The van der Waals surface area contributed by atoms with E-state index >= 15 is 0 Å². The number of carbonyl (C=O) groups is 1. The molecule has 0 heterocycles. The minimum atomic E-state index is -3.53. The summed E-state index contributed by atoms with van der Waals surface area (Å²) in [5.74, 6) is -1.72. The molecule has 0 saturated carbocycles. The van der Waals surface area contributed by atoms with E-state index < -0.39 is 34.9 Å². The van der Waals surface area contributed by atoms with Gasteiger partial charge < -0.3 is 14.8 Å². The van der Waals surface area contributed by atoms with Crippen molar-refractivity contribution in [2.24, 2.45) is 0 Å². The van der Waals surface area contributed by atoms with Crippen molar-refractivity contribution in [3.8, 4) is 11.5 Å². The van der Waals surface area contributed by atoms with Crippen LogP contribution < -0.4 is 19.5 Å². The predicted octanol–water partition coefficient (Wildman–Crippen LogP) is 4.15. The maximum Gasteiger partial charge on any atom is 0.387 e. The van der Waals surface area contributed by atoms with Crippen LogP contribution in [-0.4, -0.2) is 34.1 Å². The van der Waals surface area contributed by atoms with Crippen molar-refractivity contribution in [1.29, 1.82) is 0 Å². The zero-order valence-electron chi connectivity index (χ0n) is 17.0. The molecule has 33 heavy (non-hydrogen) atoms. The third-order valence-corrected chi connectivity index (χ3v) is 5.19. The molecule has 0 saturated heterocycles. The van der Waals surface area contributed by atoms with Crippen molar-refractivity contribution in [3.63, 3.8) is 0 Å². The first-order chi connectivity index (χ1) is 15.6. The second-order valence-electron chi connectivity index (χ2n) is 6.37. The molecule has 0 atom stereocenters. The molecule has 2 aromatic rings. The van der Waals surface area contributed by atoms with Crippen LogP contribution >= 0.6 is 0 Å². The summed E-state index contributed by atoms with van der Waals surface area (Å²) < 4.78 is 84.4. The smallest absolute Gasteiger partial charge is 0.387 e. The topological polar surface area (TPSA) is 93.7 Å². The van der Waals surface area contributed by atoms with E-state index in [-0.39, 0.29) is 23.6 Å². The minimum Gasteiger partial charge on any atom is -0.435 e. The Morgan fingerprint density at radius 3 is 2.30 bits per heavy atom. The number of alkyl halides is 4. The molecule has 1 amide bonds. The van der Waals surface area contributed by atoms with Crippen molar-refractivity contribution in [2.45, 2.75) is 19.0 Å². The Morgan fingerprint density at radius 2 is 1.70 bits per heavy atom. The number of ether oxygens (including phenoxy) is 2. The lowest BCUT2D eigenvalue weighted by molar-refractivity contribution is -0.111. The molecule has 7 nitrogen and oxygen atoms in total. The van der Waals surface area contributed by atoms with Gasteiger partial charge in [-0.3, -0.25) is 4.79 Å². The van der Waals surface area contributed by atoms with E-state index in [9.17, 15) is 30.8 Å². The Balaban J connectivity index is 2.05. The van der Waals surface area contributed by atoms with Crippen LogP contribution in [0.25, 0.3) is 6.08 Å².